The van der Waals surface area contributed by atoms with Gasteiger partial charge in [0.15, 0.2) is 5.96 Å². The van der Waals surface area contributed by atoms with Crippen molar-refractivity contribution in [1.82, 2.24) is 15.5 Å². The molecular formula is C21H36N4O. The van der Waals surface area contributed by atoms with Gasteiger partial charge in [0.1, 0.15) is 0 Å². The second kappa shape index (κ2) is 12.7. The lowest BCUT2D eigenvalue weighted by Gasteiger charge is -2.33. The van der Waals surface area contributed by atoms with E-state index in [4.69, 9.17) is 4.74 Å². The number of nitrogens with one attached hydrogen (secondary N) is 2. The van der Waals surface area contributed by atoms with Gasteiger partial charge in [-0.2, -0.15) is 0 Å². The molecular weight excluding hydrogens is 324 g/mol. The molecule has 5 nitrogen and oxygen atoms in total. The summed E-state index contributed by atoms with van der Waals surface area (Å²) in [6, 6.07) is 11.2. The number of rotatable bonds is 10. The van der Waals surface area contributed by atoms with Crippen LogP contribution in [0.5, 0.6) is 0 Å². The Morgan fingerprint density at radius 3 is 2.62 bits per heavy atom. The van der Waals surface area contributed by atoms with E-state index in [0.717, 1.165) is 58.0 Å². The maximum atomic E-state index is 5.59. The van der Waals surface area contributed by atoms with Gasteiger partial charge >= 0.3 is 0 Å². The molecule has 2 N–H and O–H groups in total. The second-order valence-electron chi connectivity index (χ2n) is 6.91. The lowest BCUT2D eigenvalue weighted by Crippen LogP contribution is -2.48. The molecule has 1 fully saturated rings. The van der Waals surface area contributed by atoms with Crippen molar-refractivity contribution >= 4 is 5.96 Å². The number of aliphatic imine (C=N–C) groups is 1. The minimum Gasteiger partial charge on any atom is -0.380 e. The van der Waals surface area contributed by atoms with Gasteiger partial charge in [0.2, 0.25) is 0 Å². The average Bonchev–Trinajstić information content (AvgIpc) is 2.67. The molecule has 1 aromatic carbocycles. The van der Waals surface area contributed by atoms with E-state index >= 15 is 0 Å². The highest BCUT2D eigenvalue weighted by Gasteiger charge is 2.19. The summed E-state index contributed by atoms with van der Waals surface area (Å²) in [4.78, 5) is 7.19. The number of hydrogen-bond acceptors (Lipinski definition) is 3. The number of likely N-dealkylation sites (tertiary alicyclic amines) is 1. The molecule has 1 aromatic rings. The molecule has 2 rings (SSSR count). The van der Waals surface area contributed by atoms with Crippen molar-refractivity contribution in [1.29, 1.82) is 0 Å². The maximum absolute atomic E-state index is 5.59. The van der Waals surface area contributed by atoms with Gasteiger partial charge in [-0.1, -0.05) is 43.7 Å². The maximum Gasteiger partial charge on any atom is 0.191 e. The quantitative estimate of drug-likeness (QED) is 0.383. The van der Waals surface area contributed by atoms with Crippen molar-refractivity contribution in [3.05, 3.63) is 35.9 Å². The summed E-state index contributed by atoms with van der Waals surface area (Å²) in [5.74, 6) is 0.924. The fraction of sp³-hybridized carbons (Fsp3) is 0.667. The van der Waals surface area contributed by atoms with Crippen LogP contribution in [0.3, 0.4) is 0 Å². The van der Waals surface area contributed by atoms with Crippen LogP contribution in [0.15, 0.2) is 35.3 Å². The molecule has 146 valence electrons. The van der Waals surface area contributed by atoms with Crippen molar-refractivity contribution in [2.75, 3.05) is 39.4 Å². The smallest absolute Gasteiger partial charge is 0.191 e. The molecule has 0 aliphatic carbocycles. The summed E-state index contributed by atoms with van der Waals surface area (Å²) in [5, 5.41) is 6.95. The minimum absolute atomic E-state index is 0.501. The van der Waals surface area contributed by atoms with E-state index in [1.165, 1.54) is 12.0 Å². The normalized spacial score (nSPS) is 16.6. The molecule has 0 saturated carbocycles. The molecule has 5 heteroatoms. The standard InChI is InChI=1S/C21H36N4O/c1-3-5-16-26-17-13-23-21(22-4-2)24-20-11-14-25(15-12-20)18-19-9-7-6-8-10-19/h6-10,20H,3-5,11-18H2,1-2H3,(H2,22,23,24). The predicted octanol–water partition coefficient (Wildman–Crippen LogP) is 3.02. The first-order valence-electron chi connectivity index (χ1n) is 10.2. The van der Waals surface area contributed by atoms with E-state index in [2.05, 4.69) is 64.7 Å². The summed E-state index contributed by atoms with van der Waals surface area (Å²) >= 11 is 0. The summed E-state index contributed by atoms with van der Waals surface area (Å²) in [6.07, 6.45) is 4.62. The predicted molar refractivity (Wildman–Crippen MR) is 110 cm³/mol. The van der Waals surface area contributed by atoms with E-state index in [9.17, 15) is 0 Å². The first-order valence-corrected chi connectivity index (χ1v) is 10.2. The Labute approximate surface area is 159 Å². The van der Waals surface area contributed by atoms with E-state index in [1.54, 1.807) is 0 Å². The monoisotopic (exact) mass is 360 g/mol. The molecule has 0 radical (unpaired) electrons. The Hall–Kier alpha value is -1.59. The van der Waals surface area contributed by atoms with Gasteiger partial charge < -0.3 is 15.4 Å². The largest absolute Gasteiger partial charge is 0.380 e. The topological polar surface area (TPSA) is 48.9 Å². The van der Waals surface area contributed by atoms with Crippen LogP contribution in [-0.4, -0.2) is 56.3 Å². The SMILES string of the molecule is CCCCOCCN=C(NCC)NC1CCN(Cc2ccccc2)CC1. The number of nitrogens with zero attached hydrogens (tertiary/aromatic N) is 2. The van der Waals surface area contributed by atoms with Gasteiger partial charge in [-0.25, -0.2) is 0 Å². The number of piperidine rings is 1. The zero-order valence-electron chi connectivity index (χ0n) is 16.5. The highest BCUT2D eigenvalue weighted by atomic mass is 16.5. The molecule has 1 aliphatic rings. The third-order valence-electron chi connectivity index (χ3n) is 4.67. The molecule has 1 aliphatic heterocycles. The van der Waals surface area contributed by atoms with Crippen LogP contribution in [-0.2, 0) is 11.3 Å². The summed E-state index contributed by atoms with van der Waals surface area (Å²) in [7, 11) is 0. The molecule has 0 spiro atoms. The van der Waals surface area contributed by atoms with Gasteiger partial charge in [-0.3, -0.25) is 9.89 Å². The van der Waals surface area contributed by atoms with Crippen molar-refractivity contribution in [2.24, 2.45) is 4.99 Å². The highest BCUT2D eigenvalue weighted by molar-refractivity contribution is 5.80. The first-order chi connectivity index (χ1) is 12.8. The molecule has 0 bridgehead atoms. The van der Waals surface area contributed by atoms with Crippen LogP contribution in [0.1, 0.15) is 45.1 Å². The van der Waals surface area contributed by atoms with Crippen LogP contribution < -0.4 is 10.6 Å². The van der Waals surface area contributed by atoms with Crippen LogP contribution in [0.25, 0.3) is 0 Å². The molecule has 26 heavy (non-hydrogen) atoms. The number of benzene rings is 1. The van der Waals surface area contributed by atoms with E-state index < -0.39 is 0 Å². The molecule has 1 heterocycles. The summed E-state index contributed by atoms with van der Waals surface area (Å²) in [6.45, 7) is 10.7. The van der Waals surface area contributed by atoms with Crippen LogP contribution in [0.2, 0.25) is 0 Å². The second-order valence-corrected chi connectivity index (χ2v) is 6.91. The molecule has 0 unspecified atom stereocenters. The molecule has 0 aromatic heterocycles. The van der Waals surface area contributed by atoms with Crippen LogP contribution >= 0.6 is 0 Å². The lowest BCUT2D eigenvalue weighted by atomic mass is 10.0. The van der Waals surface area contributed by atoms with Crippen molar-refractivity contribution in [3.8, 4) is 0 Å². The van der Waals surface area contributed by atoms with Crippen molar-refractivity contribution in [2.45, 2.75) is 52.1 Å². The van der Waals surface area contributed by atoms with E-state index in [-0.39, 0.29) is 0 Å². The van der Waals surface area contributed by atoms with Crippen LogP contribution in [0.4, 0.5) is 0 Å². The number of unbranched alkanes of at least 4 members (excludes halogenated alkanes) is 1. The number of hydrogen-bond donors (Lipinski definition) is 2. The van der Waals surface area contributed by atoms with Gasteiger partial charge in [-0.05, 0) is 31.7 Å². The fourth-order valence-corrected chi connectivity index (χ4v) is 3.16. The first kappa shape index (κ1) is 20.7. The van der Waals surface area contributed by atoms with Gasteiger partial charge in [0, 0.05) is 38.8 Å². The third kappa shape index (κ3) is 8.19. The van der Waals surface area contributed by atoms with E-state index in [0.29, 0.717) is 19.2 Å². The molecule has 0 amide bonds. The van der Waals surface area contributed by atoms with Gasteiger partial charge in [0.05, 0.1) is 13.2 Å². The lowest BCUT2D eigenvalue weighted by molar-refractivity contribution is 0.138. The Morgan fingerprint density at radius 2 is 1.92 bits per heavy atom. The summed E-state index contributed by atoms with van der Waals surface area (Å²) in [5.41, 5.74) is 1.40. The minimum atomic E-state index is 0.501. The Kier molecular flexibility index (Phi) is 10.1. The van der Waals surface area contributed by atoms with Crippen molar-refractivity contribution < 1.29 is 4.74 Å². The Balaban J connectivity index is 1.69. The average molecular weight is 361 g/mol. The van der Waals surface area contributed by atoms with Gasteiger partial charge in [0.25, 0.3) is 0 Å². The third-order valence-corrected chi connectivity index (χ3v) is 4.67. The Morgan fingerprint density at radius 1 is 1.15 bits per heavy atom. The zero-order chi connectivity index (χ0) is 18.5. The van der Waals surface area contributed by atoms with E-state index in [1.807, 2.05) is 0 Å². The number of guanidine groups is 1. The van der Waals surface area contributed by atoms with Crippen LogP contribution in [0, 0.1) is 0 Å². The fourth-order valence-electron chi connectivity index (χ4n) is 3.16. The number of ether oxygens (including phenoxy) is 1. The zero-order valence-corrected chi connectivity index (χ0v) is 16.5. The summed E-state index contributed by atoms with van der Waals surface area (Å²) < 4.78 is 5.59. The van der Waals surface area contributed by atoms with Gasteiger partial charge in [-0.15, -0.1) is 0 Å². The van der Waals surface area contributed by atoms with Crippen molar-refractivity contribution in [3.63, 3.8) is 0 Å². The Bertz CT molecular complexity index is 498. The molecule has 0 atom stereocenters. The highest BCUT2D eigenvalue weighted by Crippen LogP contribution is 2.13. The molecule has 1 saturated heterocycles.